The second-order valence-corrected chi connectivity index (χ2v) is 5.26. The molecule has 1 aromatic heterocycles. The van der Waals surface area contributed by atoms with Crippen LogP contribution < -0.4 is 0 Å². The number of carbonyl (C=O) groups excluding carboxylic acids is 1. The van der Waals surface area contributed by atoms with Crippen LogP contribution in [-0.4, -0.2) is 15.7 Å². The van der Waals surface area contributed by atoms with Gasteiger partial charge in [-0.3, -0.25) is 4.68 Å². The van der Waals surface area contributed by atoms with Crippen LogP contribution in [0.1, 0.15) is 21.6 Å². The highest BCUT2D eigenvalue weighted by Gasteiger charge is 2.16. The van der Waals surface area contributed by atoms with Gasteiger partial charge in [-0.15, -0.1) is 0 Å². The van der Waals surface area contributed by atoms with Gasteiger partial charge in [-0.1, -0.05) is 36.4 Å². The van der Waals surface area contributed by atoms with Crippen LogP contribution in [0.15, 0.2) is 60.8 Å². The number of nitrogens with zero attached hydrogens (tertiary/aromatic N) is 3. The molecule has 5 heteroatoms. The minimum absolute atomic E-state index is 0.105. The van der Waals surface area contributed by atoms with E-state index in [1.165, 1.54) is 0 Å². The quantitative estimate of drug-likeness (QED) is 0.692. The third kappa shape index (κ3) is 3.18. The Bertz CT molecular complexity index is 922. The first kappa shape index (κ1) is 15.5. The number of aromatic nitrogens is 2. The monoisotopic (exact) mass is 317 g/mol. The average molecular weight is 317 g/mol. The fourth-order valence-electron chi connectivity index (χ4n) is 2.47. The van der Waals surface area contributed by atoms with Gasteiger partial charge in [-0.05, 0) is 23.8 Å². The van der Waals surface area contributed by atoms with Crippen molar-refractivity contribution in [3.05, 3.63) is 77.6 Å². The second-order valence-electron chi connectivity index (χ2n) is 5.26. The lowest BCUT2D eigenvalue weighted by molar-refractivity contribution is 0.0468. The van der Waals surface area contributed by atoms with E-state index in [-0.39, 0.29) is 6.61 Å². The number of ether oxygens (including phenoxy) is 1. The van der Waals surface area contributed by atoms with Gasteiger partial charge in [0.25, 0.3) is 0 Å². The third-order valence-electron chi connectivity index (χ3n) is 3.60. The highest BCUT2D eigenvalue weighted by Crippen LogP contribution is 2.27. The van der Waals surface area contributed by atoms with Crippen molar-refractivity contribution in [3.63, 3.8) is 0 Å². The van der Waals surface area contributed by atoms with Gasteiger partial charge in [0.2, 0.25) is 0 Å². The first-order valence-corrected chi connectivity index (χ1v) is 7.43. The summed E-state index contributed by atoms with van der Waals surface area (Å²) < 4.78 is 7.02. The number of hydrogen-bond acceptors (Lipinski definition) is 4. The standard InChI is InChI=1S/C19H15N3O2/c1-22-11-10-15(21-22)13-24-19(23)18-9-5-4-8-17(18)16-7-3-2-6-14(16)12-20/h2-11H,13H2,1H3. The van der Waals surface area contributed by atoms with Gasteiger partial charge in [0.05, 0.1) is 22.9 Å². The summed E-state index contributed by atoms with van der Waals surface area (Å²) in [4.78, 5) is 12.5. The van der Waals surface area contributed by atoms with Crippen molar-refractivity contribution in [2.24, 2.45) is 7.05 Å². The van der Waals surface area contributed by atoms with Gasteiger partial charge < -0.3 is 4.74 Å². The molecule has 0 aliphatic rings. The van der Waals surface area contributed by atoms with E-state index in [2.05, 4.69) is 11.2 Å². The molecule has 0 bridgehead atoms. The molecule has 0 amide bonds. The Labute approximate surface area is 139 Å². The Balaban J connectivity index is 1.89. The molecule has 24 heavy (non-hydrogen) atoms. The predicted octanol–water partition coefficient (Wildman–Crippen LogP) is 3.32. The Morgan fingerprint density at radius 1 is 1.12 bits per heavy atom. The molecule has 0 aliphatic heterocycles. The van der Waals surface area contributed by atoms with Crippen molar-refractivity contribution in [3.8, 4) is 17.2 Å². The molecule has 0 saturated carbocycles. The lowest BCUT2D eigenvalue weighted by atomic mass is 9.96. The zero-order valence-electron chi connectivity index (χ0n) is 13.1. The van der Waals surface area contributed by atoms with Crippen LogP contribution in [0.3, 0.4) is 0 Å². The first-order chi connectivity index (χ1) is 11.7. The molecule has 1 heterocycles. The molecule has 0 N–H and O–H groups in total. The smallest absolute Gasteiger partial charge is 0.339 e. The highest BCUT2D eigenvalue weighted by atomic mass is 16.5. The molecule has 0 fully saturated rings. The van der Waals surface area contributed by atoms with Crippen LogP contribution in [-0.2, 0) is 18.4 Å². The zero-order valence-corrected chi connectivity index (χ0v) is 13.1. The van der Waals surface area contributed by atoms with Gasteiger partial charge in [-0.2, -0.15) is 10.4 Å². The summed E-state index contributed by atoms with van der Waals surface area (Å²) in [7, 11) is 1.81. The van der Waals surface area contributed by atoms with Crippen LogP contribution >= 0.6 is 0 Å². The number of nitriles is 1. The molecule has 0 unspecified atom stereocenters. The van der Waals surface area contributed by atoms with Crippen molar-refractivity contribution < 1.29 is 9.53 Å². The fraction of sp³-hybridized carbons (Fsp3) is 0.105. The number of esters is 1. The first-order valence-electron chi connectivity index (χ1n) is 7.43. The fourth-order valence-corrected chi connectivity index (χ4v) is 2.47. The van der Waals surface area contributed by atoms with Crippen molar-refractivity contribution >= 4 is 5.97 Å². The van der Waals surface area contributed by atoms with Crippen molar-refractivity contribution in [2.75, 3.05) is 0 Å². The van der Waals surface area contributed by atoms with E-state index in [0.29, 0.717) is 27.9 Å². The number of hydrogen-bond donors (Lipinski definition) is 0. The molecular weight excluding hydrogens is 302 g/mol. The van der Waals surface area contributed by atoms with Gasteiger partial charge in [0.15, 0.2) is 0 Å². The van der Waals surface area contributed by atoms with E-state index in [9.17, 15) is 10.1 Å². The van der Waals surface area contributed by atoms with Crippen LogP contribution in [0, 0.1) is 11.3 Å². The molecular formula is C19H15N3O2. The maximum absolute atomic E-state index is 12.5. The van der Waals surface area contributed by atoms with Crippen molar-refractivity contribution in [1.29, 1.82) is 5.26 Å². The van der Waals surface area contributed by atoms with Crippen LogP contribution in [0.2, 0.25) is 0 Å². The summed E-state index contributed by atoms with van der Waals surface area (Å²) in [6, 6.07) is 18.3. The number of rotatable bonds is 4. The molecule has 0 atom stereocenters. The van der Waals surface area contributed by atoms with Crippen LogP contribution in [0.5, 0.6) is 0 Å². The summed E-state index contributed by atoms with van der Waals surface area (Å²) in [6.45, 7) is 0.105. The van der Waals surface area contributed by atoms with E-state index in [1.54, 1.807) is 48.3 Å². The molecule has 118 valence electrons. The summed E-state index contributed by atoms with van der Waals surface area (Å²) in [5, 5.41) is 13.5. The van der Waals surface area contributed by atoms with Gasteiger partial charge >= 0.3 is 5.97 Å². The number of aryl methyl sites for hydroxylation is 1. The largest absolute Gasteiger partial charge is 0.455 e. The Morgan fingerprint density at radius 2 is 1.83 bits per heavy atom. The van der Waals surface area contributed by atoms with Crippen LogP contribution in [0.4, 0.5) is 0 Å². The third-order valence-corrected chi connectivity index (χ3v) is 3.60. The molecule has 5 nitrogen and oxygen atoms in total. The maximum Gasteiger partial charge on any atom is 0.339 e. The molecule has 0 spiro atoms. The SMILES string of the molecule is Cn1ccc(COC(=O)c2ccccc2-c2ccccc2C#N)n1. The Morgan fingerprint density at radius 3 is 2.54 bits per heavy atom. The molecule has 0 aliphatic carbocycles. The lowest BCUT2D eigenvalue weighted by Gasteiger charge is -2.10. The Hall–Kier alpha value is -3.39. The molecule has 2 aromatic carbocycles. The highest BCUT2D eigenvalue weighted by molar-refractivity contribution is 5.98. The van der Waals surface area contributed by atoms with E-state index in [0.717, 1.165) is 0 Å². The molecule has 0 radical (unpaired) electrons. The predicted molar refractivity (Wildman–Crippen MR) is 88.9 cm³/mol. The minimum Gasteiger partial charge on any atom is -0.455 e. The molecule has 3 aromatic rings. The van der Waals surface area contributed by atoms with Gasteiger partial charge in [0.1, 0.15) is 6.61 Å². The molecule has 0 saturated heterocycles. The minimum atomic E-state index is -0.441. The summed E-state index contributed by atoms with van der Waals surface area (Å²) in [5.74, 6) is -0.441. The normalized spacial score (nSPS) is 10.2. The Kier molecular flexibility index (Phi) is 4.39. The van der Waals surface area contributed by atoms with Crippen molar-refractivity contribution in [1.82, 2.24) is 9.78 Å². The summed E-state index contributed by atoms with van der Waals surface area (Å²) >= 11 is 0. The number of benzene rings is 2. The topological polar surface area (TPSA) is 67.9 Å². The summed E-state index contributed by atoms with van der Waals surface area (Å²) in [6.07, 6.45) is 1.79. The maximum atomic E-state index is 12.5. The zero-order chi connectivity index (χ0) is 16.9. The number of carbonyl (C=O) groups is 1. The van der Waals surface area contributed by atoms with Crippen LogP contribution in [0.25, 0.3) is 11.1 Å². The summed E-state index contributed by atoms with van der Waals surface area (Å²) in [5.41, 5.74) is 3.02. The van der Waals surface area contributed by atoms with Gasteiger partial charge in [-0.25, -0.2) is 4.79 Å². The van der Waals surface area contributed by atoms with E-state index in [4.69, 9.17) is 4.74 Å². The van der Waals surface area contributed by atoms with Gasteiger partial charge in [0, 0.05) is 18.8 Å². The van der Waals surface area contributed by atoms with Crippen molar-refractivity contribution in [2.45, 2.75) is 6.61 Å². The second kappa shape index (κ2) is 6.80. The van der Waals surface area contributed by atoms with E-state index < -0.39 is 5.97 Å². The van der Waals surface area contributed by atoms with E-state index >= 15 is 0 Å². The van der Waals surface area contributed by atoms with E-state index in [1.807, 2.05) is 24.3 Å². The average Bonchev–Trinajstić information content (AvgIpc) is 3.05. The molecule has 3 rings (SSSR count). The lowest BCUT2D eigenvalue weighted by Crippen LogP contribution is -2.07.